The lowest BCUT2D eigenvalue weighted by Crippen LogP contribution is -2.44. The third kappa shape index (κ3) is 7.64. The molecule has 2 aliphatic rings. The van der Waals surface area contributed by atoms with Crippen LogP contribution in [0.15, 0.2) is 29.1 Å². The van der Waals surface area contributed by atoms with Gasteiger partial charge in [-0.2, -0.15) is 0 Å². The molecule has 1 aromatic heterocycles. The van der Waals surface area contributed by atoms with Gasteiger partial charge < -0.3 is 29.6 Å². The molecule has 2 aliphatic heterocycles. The fourth-order valence-electron chi connectivity index (χ4n) is 4.76. The van der Waals surface area contributed by atoms with Gasteiger partial charge in [-0.25, -0.2) is 0 Å². The molecule has 1 aromatic carbocycles. The number of morpholine rings is 1. The van der Waals surface area contributed by atoms with Crippen molar-refractivity contribution in [2.45, 2.75) is 32.7 Å². The molecule has 2 fully saturated rings. The van der Waals surface area contributed by atoms with Gasteiger partial charge in [0.25, 0.3) is 5.56 Å². The fourth-order valence-corrected chi connectivity index (χ4v) is 5.02. The number of rotatable bonds is 11. The first kappa shape index (κ1) is 25.9. The standard InChI is InChI=1S/C26H39N5O3S/c1-2-34-23-6-7-24-21(19-23)18-22(25(32)28-24)20-31(13-12-29-9-3-4-10-29)26(35)27-8-5-11-30-14-16-33-17-15-30/h6-7,18-19H,2-5,8-17,20H2,1H3,(H,27,35)(H,28,32). The zero-order valence-electron chi connectivity index (χ0n) is 20.9. The Morgan fingerprint density at radius 1 is 1.14 bits per heavy atom. The lowest BCUT2D eigenvalue weighted by atomic mass is 10.1. The number of likely N-dealkylation sites (tertiary alicyclic amines) is 1. The van der Waals surface area contributed by atoms with E-state index in [0.29, 0.717) is 23.8 Å². The number of hydrogen-bond donors (Lipinski definition) is 2. The second kappa shape index (κ2) is 13.2. The van der Waals surface area contributed by atoms with Crippen molar-refractivity contribution in [1.29, 1.82) is 0 Å². The Hall–Kier alpha value is -2.20. The van der Waals surface area contributed by atoms with Crippen molar-refractivity contribution < 1.29 is 9.47 Å². The highest BCUT2D eigenvalue weighted by Crippen LogP contribution is 2.20. The minimum absolute atomic E-state index is 0.0667. The van der Waals surface area contributed by atoms with Gasteiger partial charge in [-0.3, -0.25) is 9.69 Å². The molecule has 0 atom stereocenters. The highest BCUT2D eigenvalue weighted by molar-refractivity contribution is 7.80. The third-order valence-electron chi connectivity index (χ3n) is 6.77. The van der Waals surface area contributed by atoms with Crippen LogP contribution in [0.1, 0.15) is 31.7 Å². The zero-order valence-corrected chi connectivity index (χ0v) is 21.7. The molecule has 0 bridgehead atoms. The molecule has 0 amide bonds. The second-order valence-electron chi connectivity index (χ2n) is 9.32. The predicted molar refractivity (Wildman–Crippen MR) is 144 cm³/mol. The second-order valence-corrected chi connectivity index (χ2v) is 9.70. The van der Waals surface area contributed by atoms with Crippen LogP contribution in [0.4, 0.5) is 0 Å². The number of aromatic amines is 1. The first-order valence-corrected chi connectivity index (χ1v) is 13.4. The average Bonchev–Trinajstić information content (AvgIpc) is 3.39. The molecule has 2 aromatic rings. The molecule has 0 saturated carbocycles. The maximum atomic E-state index is 12.9. The molecule has 9 heteroatoms. The number of pyridine rings is 1. The smallest absolute Gasteiger partial charge is 0.253 e. The van der Waals surface area contributed by atoms with Crippen molar-refractivity contribution in [3.05, 3.63) is 40.2 Å². The number of ether oxygens (including phenoxy) is 2. The average molecular weight is 502 g/mol. The summed E-state index contributed by atoms with van der Waals surface area (Å²) in [6.07, 6.45) is 3.55. The third-order valence-corrected chi connectivity index (χ3v) is 7.17. The van der Waals surface area contributed by atoms with Gasteiger partial charge in [0, 0.05) is 49.2 Å². The Labute approximate surface area is 213 Å². The zero-order chi connectivity index (χ0) is 24.5. The molecule has 2 N–H and O–H groups in total. The first-order valence-electron chi connectivity index (χ1n) is 13.0. The number of fused-ring (bicyclic) bond motifs is 1. The van der Waals surface area contributed by atoms with E-state index in [0.717, 1.165) is 88.6 Å². The molecule has 0 spiro atoms. The van der Waals surface area contributed by atoms with Crippen molar-refractivity contribution in [3.8, 4) is 5.75 Å². The lowest BCUT2D eigenvalue weighted by molar-refractivity contribution is 0.0376. The van der Waals surface area contributed by atoms with E-state index in [9.17, 15) is 4.79 Å². The molecule has 2 saturated heterocycles. The summed E-state index contributed by atoms with van der Waals surface area (Å²) in [5.74, 6) is 0.807. The molecular weight excluding hydrogens is 462 g/mol. The molecule has 4 rings (SSSR count). The number of aromatic nitrogens is 1. The van der Waals surface area contributed by atoms with E-state index in [-0.39, 0.29) is 5.56 Å². The first-order chi connectivity index (χ1) is 17.1. The van der Waals surface area contributed by atoms with E-state index in [4.69, 9.17) is 21.7 Å². The van der Waals surface area contributed by atoms with Crippen molar-refractivity contribution >= 4 is 28.2 Å². The quantitative estimate of drug-likeness (QED) is 0.359. The van der Waals surface area contributed by atoms with Crippen molar-refractivity contribution in [3.63, 3.8) is 0 Å². The Morgan fingerprint density at radius 2 is 1.91 bits per heavy atom. The van der Waals surface area contributed by atoms with Crippen LogP contribution in [0.3, 0.4) is 0 Å². The Balaban J connectivity index is 1.40. The molecule has 0 radical (unpaired) electrons. The number of hydrogen-bond acceptors (Lipinski definition) is 6. The maximum Gasteiger partial charge on any atom is 0.253 e. The number of nitrogens with one attached hydrogen (secondary N) is 2. The number of nitrogens with zero attached hydrogens (tertiary/aromatic N) is 3. The molecule has 192 valence electrons. The van der Waals surface area contributed by atoms with Crippen LogP contribution in [0, 0.1) is 0 Å². The molecule has 0 unspecified atom stereocenters. The SMILES string of the molecule is CCOc1ccc2[nH]c(=O)c(CN(CCN3CCCC3)C(=S)NCCCN3CCOCC3)cc2c1. The predicted octanol–water partition coefficient (Wildman–Crippen LogP) is 2.42. The largest absolute Gasteiger partial charge is 0.494 e. The van der Waals surface area contributed by atoms with Gasteiger partial charge in [-0.1, -0.05) is 0 Å². The van der Waals surface area contributed by atoms with Crippen molar-refractivity contribution in [2.24, 2.45) is 0 Å². The van der Waals surface area contributed by atoms with Gasteiger partial charge in [0.2, 0.25) is 0 Å². The summed E-state index contributed by atoms with van der Waals surface area (Å²) in [5, 5.41) is 5.13. The van der Waals surface area contributed by atoms with E-state index in [1.165, 1.54) is 12.8 Å². The summed E-state index contributed by atoms with van der Waals surface area (Å²) in [5.41, 5.74) is 1.46. The Kier molecular flexibility index (Phi) is 9.76. The molecule has 35 heavy (non-hydrogen) atoms. The molecule has 3 heterocycles. The van der Waals surface area contributed by atoms with Gasteiger partial charge in [-0.15, -0.1) is 0 Å². The summed E-state index contributed by atoms with van der Waals surface area (Å²) >= 11 is 5.81. The molecule has 8 nitrogen and oxygen atoms in total. The van der Waals surface area contributed by atoms with E-state index in [2.05, 4.69) is 25.0 Å². The van der Waals surface area contributed by atoms with Gasteiger partial charge in [0.1, 0.15) is 5.75 Å². The summed E-state index contributed by atoms with van der Waals surface area (Å²) in [7, 11) is 0. The van der Waals surface area contributed by atoms with Crippen LogP contribution in [-0.4, -0.2) is 97.0 Å². The van der Waals surface area contributed by atoms with Crippen LogP contribution in [0.25, 0.3) is 10.9 Å². The summed E-state index contributed by atoms with van der Waals surface area (Å²) in [6, 6.07) is 7.74. The van der Waals surface area contributed by atoms with E-state index in [1.54, 1.807) is 0 Å². The van der Waals surface area contributed by atoms with Crippen molar-refractivity contribution in [2.75, 3.05) is 72.2 Å². The monoisotopic (exact) mass is 501 g/mol. The number of benzene rings is 1. The summed E-state index contributed by atoms with van der Waals surface area (Å²) in [6.45, 7) is 12.6. The van der Waals surface area contributed by atoms with Crippen LogP contribution in [-0.2, 0) is 11.3 Å². The Morgan fingerprint density at radius 3 is 2.69 bits per heavy atom. The Bertz CT molecular complexity index is 1020. The van der Waals surface area contributed by atoms with Gasteiger partial charge in [-0.05, 0) is 82.3 Å². The number of H-pyrrole nitrogens is 1. The maximum absolute atomic E-state index is 12.9. The van der Waals surface area contributed by atoms with E-state index < -0.39 is 0 Å². The number of thiocarbonyl (C=S) groups is 1. The molecular formula is C26H39N5O3S. The lowest BCUT2D eigenvalue weighted by Gasteiger charge is -2.29. The molecule has 0 aliphatic carbocycles. The minimum Gasteiger partial charge on any atom is -0.494 e. The van der Waals surface area contributed by atoms with Gasteiger partial charge in [0.15, 0.2) is 5.11 Å². The normalized spacial score (nSPS) is 17.1. The van der Waals surface area contributed by atoms with E-state index in [1.807, 2.05) is 31.2 Å². The highest BCUT2D eigenvalue weighted by atomic mass is 32.1. The minimum atomic E-state index is -0.0667. The van der Waals surface area contributed by atoms with Crippen LogP contribution < -0.4 is 15.6 Å². The van der Waals surface area contributed by atoms with E-state index >= 15 is 0 Å². The topological polar surface area (TPSA) is 73.1 Å². The fraction of sp³-hybridized carbons (Fsp3) is 0.615. The van der Waals surface area contributed by atoms with Crippen LogP contribution in [0.5, 0.6) is 5.75 Å². The van der Waals surface area contributed by atoms with Crippen LogP contribution >= 0.6 is 12.2 Å². The highest BCUT2D eigenvalue weighted by Gasteiger charge is 2.17. The summed E-state index contributed by atoms with van der Waals surface area (Å²) in [4.78, 5) is 23.0. The van der Waals surface area contributed by atoms with Gasteiger partial charge >= 0.3 is 0 Å². The summed E-state index contributed by atoms with van der Waals surface area (Å²) < 4.78 is 11.1. The van der Waals surface area contributed by atoms with Gasteiger partial charge in [0.05, 0.1) is 26.4 Å². The van der Waals surface area contributed by atoms with Crippen LogP contribution in [0.2, 0.25) is 0 Å². The van der Waals surface area contributed by atoms with Crippen molar-refractivity contribution in [1.82, 2.24) is 25.0 Å².